The van der Waals surface area contributed by atoms with Gasteiger partial charge in [0.15, 0.2) is 0 Å². The van der Waals surface area contributed by atoms with E-state index in [0.717, 1.165) is 11.1 Å². The molecule has 0 saturated heterocycles. The van der Waals surface area contributed by atoms with E-state index < -0.39 is 12.2 Å². The number of nitrogens with zero attached hydrogens (tertiary/aromatic N) is 1. The number of hydrogen-bond donors (Lipinski definition) is 1. The Labute approximate surface area is 140 Å². The second kappa shape index (κ2) is 7.01. The van der Waals surface area contributed by atoms with Crippen molar-refractivity contribution in [1.82, 2.24) is 4.90 Å². The third-order valence-corrected chi connectivity index (χ3v) is 4.40. The molecule has 3 rings (SSSR count). The summed E-state index contributed by atoms with van der Waals surface area (Å²) in [5, 5.41) is 9.11. The Balaban J connectivity index is 1.96. The zero-order chi connectivity index (χ0) is 17.1. The summed E-state index contributed by atoms with van der Waals surface area (Å²) < 4.78 is 20.2. The molecule has 24 heavy (non-hydrogen) atoms. The number of benzene rings is 1. The number of rotatable bonds is 5. The van der Waals surface area contributed by atoms with Crippen LogP contribution >= 0.6 is 0 Å². The van der Waals surface area contributed by atoms with Crippen molar-refractivity contribution >= 4 is 5.91 Å². The Morgan fingerprint density at radius 2 is 2.08 bits per heavy atom. The molecule has 1 heterocycles. The Morgan fingerprint density at radius 1 is 1.33 bits per heavy atom. The Bertz CT molecular complexity index is 740. The minimum absolute atomic E-state index is 0.129. The Morgan fingerprint density at radius 3 is 2.79 bits per heavy atom. The lowest BCUT2D eigenvalue weighted by atomic mass is 9.85. The quantitative estimate of drug-likeness (QED) is 0.856. The summed E-state index contributed by atoms with van der Waals surface area (Å²) in [6.07, 6.45) is 1.10. The molecule has 4 nitrogen and oxygen atoms in total. The van der Waals surface area contributed by atoms with Gasteiger partial charge in [-0.3, -0.25) is 4.79 Å². The maximum Gasteiger partial charge on any atom is 0.246 e. The van der Waals surface area contributed by atoms with Crippen molar-refractivity contribution in [3.8, 4) is 0 Å². The molecule has 5 heteroatoms. The van der Waals surface area contributed by atoms with Crippen molar-refractivity contribution < 1.29 is 18.7 Å². The van der Waals surface area contributed by atoms with Gasteiger partial charge in [0.05, 0.1) is 12.6 Å². The predicted molar refractivity (Wildman–Crippen MR) is 87.8 cm³/mol. The molecule has 2 atom stereocenters. The maximum absolute atomic E-state index is 14.7. The summed E-state index contributed by atoms with van der Waals surface area (Å²) in [6.45, 7) is 3.45. The smallest absolute Gasteiger partial charge is 0.246 e. The van der Waals surface area contributed by atoms with Crippen LogP contribution in [0.15, 0.2) is 53.5 Å². The number of furan rings is 1. The highest BCUT2D eigenvalue weighted by molar-refractivity contribution is 5.87. The summed E-state index contributed by atoms with van der Waals surface area (Å²) in [5.41, 5.74) is 1.90. The van der Waals surface area contributed by atoms with Gasteiger partial charge in [0.2, 0.25) is 5.91 Å². The molecule has 0 spiro atoms. The number of carbonyl (C=O) groups excluding carboxylic acids is 1. The summed E-state index contributed by atoms with van der Waals surface area (Å²) in [6, 6.07) is 10.3. The zero-order valence-corrected chi connectivity index (χ0v) is 13.3. The van der Waals surface area contributed by atoms with E-state index in [1.807, 2.05) is 24.3 Å². The van der Waals surface area contributed by atoms with Crippen molar-refractivity contribution in [2.24, 2.45) is 0 Å². The van der Waals surface area contributed by atoms with Crippen LogP contribution in [0.2, 0.25) is 0 Å². The van der Waals surface area contributed by atoms with Crippen molar-refractivity contribution in [2.75, 3.05) is 0 Å². The van der Waals surface area contributed by atoms with E-state index in [9.17, 15) is 9.18 Å². The number of halogens is 1. The van der Waals surface area contributed by atoms with Crippen LogP contribution in [-0.2, 0) is 24.4 Å². The minimum atomic E-state index is -1.14. The molecule has 0 aliphatic heterocycles. The summed E-state index contributed by atoms with van der Waals surface area (Å²) >= 11 is 0. The second-order valence-electron chi connectivity index (χ2n) is 5.89. The summed E-state index contributed by atoms with van der Waals surface area (Å²) in [7, 11) is 0. The SMILES string of the molecule is C=CC(=O)N(Cc1ccc(CO)o1)C1c2ccccc2CCC1F. The van der Waals surface area contributed by atoms with Crippen LogP contribution in [0.1, 0.15) is 35.1 Å². The third kappa shape index (κ3) is 3.12. The average Bonchev–Trinajstić information content (AvgIpc) is 3.07. The van der Waals surface area contributed by atoms with Gasteiger partial charge in [0.25, 0.3) is 0 Å². The molecular weight excluding hydrogens is 309 g/mol. The van der Waals surface area contributed by atoms with Crippen LogP contribution in [0, 0.1) is 0 Å². The summed E-state index contributed by atoms with van der Waals surface area (Å²) in [5.74, 6) is 0.572. The normalized spacial score (nSPS) is 19.6. The number of amides is 1. The predicted octanol–water partition coefficient (Wildman–Crippen LogP) is 3.31. The second-order valence-corrected chi connectivity index (χ2v) is 5.89. The average molecular weight is 329 g/mol. The fourth-order valence-corrected chi connectivity index (χ4v) is 3.25. The van der Waals surface area contributed by atoms with E-state index >= 15 is 0 Å². The molecule has 2 unspecified atom stereocenters. The standard InChI is InChI=1S/C19H20FNO3/c1-2-18(23)21(11-14-8-9-15(12-22)24-14)19-16-6-4-3-5-13(16)7-10-17(19)20/h2-6,8-9,17,19,22H,1,7,10-12H2. The third-order valence-electron chi connectivity index (χ3n) is 4.40. The molecule has 0 bridgehead atoms. The molecule has 1 aromatic carbocycles. The molecule has 1 aromatic heterocycles. The van der Waals surface area contributed by atoms with Crippen LogP contribution in [0.3, 0.4) is 0 Å². The highest BCUT2D eigenvalue weighted by Crippen LogP contribution is 2.37. The van der Waals surface area contributed by atoms with Gasteiger partial charge in [-0.15, -0.1) is 0 Å². The lowest BCUT2D eigenvalue weighted by molar-refractivity contribution is -0.131. The van der Waals surface area contributed by atoms with E-state index in [4.69, 9.17) is 9.52 Å². The van der Waals surface area contributed by atoms with Gasteiger partial charge in [0.1, 0.15) is 24.3 Å². The topological polar surface area (TPSA) is 53.7 Å². The number of fused-ring (bicyclic) bond motifs is 1. The van der Waals surface area contributed by atoms with Gasteiger partial charge >= 0.3 is 0 Å². The zero-order valence-electron chi connectivity index (χ0n) is 13.3. The van der Waals surface area contributed by atoms with Crippen molar-refractivity contribution in [2.45, 2.75) is 38.2 Å². The van der Waals surface area contributed by atoms with E-state index in [1.165, 1.54) is 11.0 Å². The first-order valence-corrected chi connectivity index (χ1v) is 7.97. The fourth-order valence-electron chi connectivity index (χ4n) is 3.25. The van der Waals surface area contributed by atoms with Crippen molar-refractivity contribution in [3.63, 3.8) is 0 Å². The van der Waals surface area contributed by atoms with Crippen LogP contribution < -0.4 is 0 Å². The van der Waals surface area contributed by atoms with E-state index in [1.54, 1.807) is 12.1 Å². The lowest BCUT2D eigenvalue weighted by Gasteiger charge is -2.37. The number of hydrogen-bond acceptors (Lipinski definition) is 3. The van der Waals surface area contributed by atoms with Crippen molar-refractivity contribution in [1.29, 1.82) is 0 Å². The van der Waals surface area contributed by atoms with Crippen LogP contribution in [0.4, 0.5) is 4.39 Å². The Kier molecular flexibility index (Phi) is 4.81. The number of aliphatic hydroxyl groups excluding tert-OH is 1. The molecule has 0 radical (unpaired) electrons. The van der Waals surface area contributed by atoms with Gasteiger partial charge < -0.3 is 14.4 Å². The molecular formula is C19H20FNO3. The van der Waals surface area contributed by atoms with Gasteiger partial charge in [-0.05, 0) is 42.2 Å². The molecule has 1 aliphatic carbocycles. The van der Waals surface area contributed by atoms with E-state index in [2.05, 4.69) is 6.58 Å². The molecule has 1 N–H and O–H groups in total. The highest BCUT2D eigenvalue weighted by Gasteiger charge is 2.36. The molecule has 1 amide bonds. The van der Waals surface area contributed by atoms with Gasteiger partial charge in [0, 0.05) is 0 Å². The first-order chi connectivity index (χ1) is 11.6. The van der Waals surface area contributed by atoms with E-state index in [0.29, 0.717) is 24.4 Å². The van der Waals surface area contributed by atoms with Crippen molar-refractivity contribution in [3.05, 3.63) is 71.7 Å². The number of alkyl halides is 1. The monoisotopic (exact) mass is 329 g/mol. The fraction of sp³-hybridized carbons (Fsp3) is 0.316. The summed E-state index contributed by atoms with van der Waals surface area (Å²) in [4.78, 5) is 13.9. The molecule has 0 fully saturated rings. The Hall–Kier alpha value is -2.40. The number of aryl methyl sites for hydroxylation is 1. The largest absolute Gasteiger partial charge is 0.462 e. The minimum Gasteiger partial charge on any atom is -0.462 e. The number of aliphatic hydroxyl groups is 1. The van der Waals surface area contributed by atoms with Crippen LogP contribution in [0.5, 0.6) is 0 Å². The maximum atomic E-state index is 14.7. The molecule has 126 valence electrons. The first-order valence-electron chi connectivity index (χ1n) is 7.97. The highest BCUT2D eigenvalue weighted by atomic mass is 19.1. The number of carbonyl (C=O) groups is 1. The van der Waals surface area contributed by atoms with Gasteiger partial charge in [-0.2, -0.15) is 0 Å². The lowest BCUT2D eigenvalue weighted by Crippen LogP contribution is -2.40. The molecule has 1 aliphatic rings. The molecule has 0 saturated carbocycles. The van der Waals surface area contributed by atoms with Gasteiger partial charge in [-0.1, -0.05) is 30.8 Å². The first kappa shape index (κ1) is 16.5. The van der Waals surface area contributed by atoms with E-state index in [-0.39, 0.29) is 19.1 Å². The van der Waals surface area contributed by atoms with Crippen LogP contribution in [0.25, 0.3) is 0 Å². The van der Waals surface area contributed by atoms with Crippen LogP contribution in [-0.4, -0.2) is 22.1 Å². The van der Waals surface area contributed by atoms with Gasteiger partial charge in [-0.25, -0.2) is 4.39 Å². The molecule has 2 aromatic rings.